The van der Waals surface area contributed by atoms with E-state index in [-0.39, 0.29) is 17.3 Å². The molecule has 0 bridgehead atoms. The average molecular weight is 524 g/mol. The number of aromatic nitrogens is 4. The minimum absolute atomic E-state index is 0.204. The first-order valence-corrected chi connectivity index (χ1v) is 13.2. The Morgan fingerprint density at radius 1 is 1.10 bits per heavy atom. The molecule has 0 saturated carbocycles. The summed E-state index contributed by atoms with van der Waals surface area (Å²) in [7, 11) is 0. The van der Waals surface area contributed by atoms with Gasteiger partial charge in [-0.25, -0.2) is 9.97 Å². The van der Waals surface area contributed by atoms with Crippen molar-refractivity contribution in [3.63, 3.8) is 0 Å². The van der Waals surface area contributed by atoms with Gasteiger partial charge in [-0.3, -0.25) is 19.1 Å². The lowest BCUT2D eigenvalue weighted by molar-refractivity contribution is -0.124. The van der Waals surface area contributed by atoms with Crippen LogP contribution in [0.15, 0.2) is 77.9 Å². The highest BCUT2D eigenvalue weighted by molar-refractivity contribution is 5.81. The summed E-state index contributed by atoms with van der Waals surface area (Å²) in [6.45, 7) is 4.71. The smallest absolute Gasteiger partial charge is 0.294 e. The van der Waals surface area contributed by atoms with E-state index >= 15 is 0 Å². The van der Waals surface area contributed by atoms with Crippen molar-refractivity contribution in [3.05, 3.63) is 112 Å². The van der Waals surface area contributed by atoms with Crippen molar-refractivity contribution < 1.29 is 4.79 Å². The molecule has 1 aliphatic heterocycles. The lowest BCUT2D eigenvalue weighted by atomic mass is 9.75. The van der Waals surface area contributed by atoms with Crippen molar-refractivity contribution in [1.82, 2.24) is 24.8 Å². The van der Waals surface area contributed by atoms with Gasteiger partial charge >= 0.3 is 0 Å². The maximum Gasteiger partial charge on any atom is 0.294 e. The highest BCUT2D eigenvalue weighted by Crippen LogP contribution is 2.34. The van der Waals surface area contributed by atoms with Crippen LogP contribution in [0.2, 0.25) is 0 Å². The highest BCUT2D eigenvalue weighted by atomic mass is 16.2. The molecular weight excluding hydrogens is 490 g/mol. The summed E-state index contributed by atoms with van der Waals surface area (Å²) >= 11 is 0. The van der Waals surface area contributed by atoms with Gasteiger partial charge in [0.05, 0.1) is 11.1 Å². The third kappa shape index (κ3) is 5.12. The number of carbonyl (C=O) groups is 1. The number of nitrogens with one attached hydrogen (secondary N) is 2. The molecule has 0 fully saturated rings. The van der Waals surface area contributed by atoms with Gasteiger partial charge < -0.3 is 16.4 Å². The van der Waals surface area contributed by atoms with Crippen LogP contribution in [-0.2, 0) is 23.2 Å². The minimum atomic E-state index is -0.598. The van der Waals surface area contributed by atoms with E-state index in [9.17, 15) is 9.59 Å². The van der Waals surface area contributed by atoms with Crippen molar-refractivity contribution >= 4 is 17.5 Å². The topological polar surface area (TPSA) is 128 Å². The Balaban J connectivity index is 1.39. The lowest BCUT2D eigenvalue weighted by Gasteiger charge is -2.33. The van der Waals surface area contributed by atoms with Crippen LogP contribution >= 0.6 is 0 Å². The van der Waals surface area contributed by atoms with Gasteiger partial charge in [0.25, 0.3) is 5.56 Å². The number of pyridine rings is 2. The van der Waals surface area contributed by atoms with Crippen molar-refractivity contribution in [2.45, 2.75) is 51.1 Å². The van der Waals surface area contributed by atoms with Crippen LogP contribution in [0, 0.1) is 6.92 Å². The largest absolute Gasteiger partial charge is 0.384 e. The second kappa shape index (κ2) is 11.1. The molecule has 39 heavy (non-hydrogen) atoms. The van der Waals surface area contributed by atoms with E-state index in [2.05, 4.69) is 44.6 Å². The van der Waals surface area contributed by atoms with Crippen LogP contribution in [0.1, 0.15) is 54.0 Å². The SMILES string of the molecule is CCC(CNc1ncc2n(c1=O)[C@H](C(=O)NCc1ccc(N)nc1C)CC2)(c1ccccc1)c1ccccn1. The second-order valence-corrected chi connectivity index (χ2v) is 9.90. The second-order valence-electron chi connectivity index (χ2n) is 9.90. The number of anilines is 2. The van der Waals surface area contributed by atoms with E-state index in [4.69, 9.17) is 5.73 Å². The van der Waals surface area contributed by atoms with Crippen LogP contribution in [-0.4, -0.2) is 32.0 Å². The summed E-state index contributed by atoms with van der Waals surface area (Å²) in [6.07, 6.45) is 5.40. The van der Waals surface area contributed by atoms with Gasteiger partial charge in [0.15, 0.2) is 5.82 Å². The van der Waals surface area contributed by atoms with Crippen molar-refractivity contribution in [3.8, 4) is 0 Å². The third-order valence-corrected chi connectivity index (χ3v) is 7.67. The summed E-state index contributed by atoms with van der Waals surface area (Å²) in [5.41, 5.74) is 9.39. The molecule has 4 N–H and O–H groups in total. The Bertz CT molecular complexity index is 1480. The molecule has 1 amide bonds. The van der Waals surface area contributed by atoms with E-state index in [1.807, 2.05) is 49.4 Å². The number of aryl methyl sites for hydroxylation is 2. The van der Waals surface area contributed by atoms with E-state index in [1.54, 1.807) is 23.0 Å². The molecule has 0 radical (unpaired) electrons. The van der Waals surface area contributed by atoms with Crippen LogP contribution < -0.4 is 21.9 Å². The van der Waals surface area contributed by atoms with Crippen LogP contribution in [0.25, 0.3) is 0 Å². The number of hydrogen-bond donors (Lipinski definition) is 3. The summed E-state index contributed by atoms with van der Waals surface area (Å²) in [5.74, 6) is 0.459. The van der Waals surface area contributed by atoms with Crippen molar-refractivity contribution in [2.75, 3.05) is 17.6 Å². The first kappa shape index (κ1) is 26.1. The molecule has 0 aliphatic carbocycles. The molecule has 3 aromatic heterocycles. The molecule has 4 aromatic rings. The molecule has 1 aliphatic rings. The zero-order valence-corrected chi connectivity index (χ0v) is 22.2. The fraction of sp³-hybridized carbons (Fsp3) is 0.300. The van der Waals surface area contributed by atoms with Crippen LogP contribution in [0.3, 0.4) is 0 Å². The molecule has 1 aromatic carbocycles. The Morgan fingerprint density at radius 3 is 2.62 bits per heavy atom. The summed E-state index contributed by atoms with van der Waals surface area (Å²) in [5, 5.41) is 6.29. The van der Waals surface area contributed by atoms with Crippen LogP contribution in [0.5, 0.6) is 0 Å². The highest BCUT2D eigenvalue weighted by Gasteiger charge is 2.35. The van der Waals surface area contributed by atoms with Gasteiger partial charge in [-0.1, -0.05) is 49.4 Å². The first-order chi connectivity index (χ1) is 18.9. The minimum Gasteiger partial charge on any atom is -0.384 e. The quantitative estimate of drug-likeness (QED) is 0.306. The Labute approximate surface area is 227 Å². The third-order valence-electron chi connectivity index (χ3n) is 7.67. The molecule has 200 valence electrons. The number of amides is 1. The van der Waals surface area contributed by atoms with Crippen molar-refractivity contribution in [2.24, 2.45) is 0 Å². The maximum atomic E-state index is 13.6. The fourth-order valence-electron chi connectivity index (χ4n) is 5.40. The molecule has 5 rings (SSSR count). The van der Waals surface area contributed by atoms with E-state index in [0.29, 0.717) is 31.7 Å². The van der Waals surface area contributed by atoms with Crippen molar-refractivity contribution in [1.29, 1.82) is 0 Å². The predicted molar refractivity (Wildman–Crippen MR) is 151 cm³/mol. The molecule has 0 spiro atoms. The maximum absolute atomic E-state index is 13.6. The lowest BCUT2D eigenvalue weighted by Crippen LogP contribution is -2.39. The normalized spacial score (nSPS) is 15.8. The molecule has 0 saturated heterocycles. The standard InChI is InChI=1S/C30H33N7O2/c1-3-30(22-9-5-4-6-10-22,25-11-7-8-16-32-25)19-35-27-29(39)37-23(18-33-27)13-14-24(37)28(38)34-17-21-12-15-26(31)36-20(21)2/h4-12,15-16,18,24H,3,13-14,17,19H2,1-2H3,(H2,31,36)(H,33,35)(H,34,38)/t24-,30?/m0/s1. The fourth-order valence-corrected chi connectivity index (χ4v) is 5.40. The number of nitrogens with two attached hydrogens (primary N) is 1. The number of benzene rings is 1. The summed E-state index contributed by atoms with van der Waals surface area (Å²) < 4.78 is 1.58. The van der Waals surface area contributed by atoms with Gasteiger partial charge in [-0.15, -0.1) is 0 Å². The van der Waals surface area contributed by atoms with Crippen LogP contribution in [0.4, 0.5) is 11.6 Å². The molecule has 9 heteroatoms. The number of fused-ring (bicyclic) bond motifs is 1. The summed E-state index contributed by atoms with van der Waals surface area (Å²) in [4.78, 5) is 40.2. The Kier molecular flexibility index (Phi) is 7.40. The molecule has 4 heterocycles. The van der Waals surface area contributed by atoms with Gasteiger partial charge in [0.1, 0.15) is 11.9 Å². The average Bonchev–Trinajstić information content (AvgIpc) is 3.40. The van der Waals surface area contributed by atoms with E-state index in [1.165, 1.54) is 0 Å². The molecule has 1 unspecified atom stereocenters. The monoisotopic (exact) mass is 523 g/mol. The number of hydrogen-bond acceptors (Lipinski definition) is 7. The Hall–Kier alpha value is -4.53. The Morgan fingerprint density at radius 2 is 1.90 bits per heavy atom. The number of nitrogens with zero attached hydrogens (tertiary/aromatic N) is 4. The number of rotatable bonds is 9. The van der Waals surface area contributed by atoms with Gasteiger partial charge in [-0.05, 0) is 55.5 Å². The van der Waals surface area contributed by atoms with Gasteiger partial charge in [-0.2, -0.15) is 0 Å². The molecular formula is C30H33N7O2. The predicted octanol–water partition coefficient (Wildman–Crippen LogP) is 3.54. The summed E-state index contributed by atoms with van der Waals surface area (Å²) in [6, 6.07) is 19.0. The first-order valence-electron chi connectivity index (χ1n) is 13.2. The van der Waals surface area contributed by atoms with Gasteiger partial charge in [0, 0.05) is 36.9 Å². The van der Waals surface area contributed by atoms with E-state index in [0.717, 1.165) is 34.6 Å². The van der Waals surface area contributed by atoms with E-state index < -0.39 is 11.5 Å². The molecule has 9 nitrogen and oxygen atoms in total. The zero-order chi connectivity index (χ0) is 27.4. The number of nitrogen functional groups attached to an aromatic ring is 1. The van der Waals surface area contributed by atoms with Gasteiger partial charge in [0.2, 0.25) is 5.91 Å². The zero-order valence-electron chi connectivity index (χ0n) is 22.2. The molecule has 2 atom stereocenters. The number of carbonyl (C=O) groups excluding carboxylic acids is 1.